The molecule has 1 N–H and O–H groups in total. The number of hydrogen-bond donors (Lipinski definition) is 1. The van der Waals surface area contributed by atoms with Gasteiger partial charge < -0.3 is 9.67 Å². The first-order valence-corrected chi connectivity index (χ1v) is 4.48. The van der Waals surface area contributed by atoms with Gasteiger partial charge in [-0.3, -0.25) is 0 Å². The summed E-state index contributed by atoms with van der Waals surface area (Å²) in [5.41, 5.74) is 1.94. The number of hydrogen-bond acceptors (Lipinski definition) is 1. The average molecular weight is 185 g/mol. The molecule has 0 unspecified atom stereocenters. The van der Waals surface area contributed by atoms with Crippen LogP contribution in [0.3, 0.4) is 0 Å². The highest BCUT2D eigenvalue weighted by Gasteiger charge is 2.05. The molecule has 0 fully saturated rings. The zero-order chi connectivity index (χ0) is 9.97. The average Bonchev–Trinajstić information content (AvgIpc) is 2.58. The number of aromatic nitrogens is 1. The minimum atomic E-state index is 0.0242. The van der Waals surface area contributed by atoms with Crippen LogP contribution in [0.2, 0.25) is 0 Å². The molecule has 0 aliphatic carbocycles. The van der Waals surface area contributed by atoms with Crippen LogP contribution in [0, 0.1) is 12.3 Å². The predicted molar refractivity (Wildman–Crippen MR) is 56.7 cm³/mol. The molecule has 1 heterocycles. The summed E-state index contributed by atoms with van der Waals surface area (Å²) in [7, 11) is 0. The summed E-state index contributed by atoms with van der Waals surface area (Å²) >= 11 is 0. The maximum absolute atomic E-state index is 9.16. The van der Waals surface area contributed by atoms with Crippen LogP contribution in [-0.4, -0.2) is 9.67 Å². The van der Waals surface area contributed by atoms with E-state index in [0.717, 1.165) is 16.6 Å². The maximum atomic E-state index is 9.16. The smallest absolute Gasteiger partial charge is 0.0838 e. The van der Waals surface area contributed by atoms with E-state index in [1.54, 1.807) is 0 Å². The zero-order valence-corrected chi connectivity index (χ0v) is 7.77. The van der Waals surface area contributed by atoms with Crippen molar-refractivity contribution >= 4 is 10.9 Å². The second-order valence-corrected chi connectivity index (χ2v) is 3.14. The molecule has 2 heteroatoms. The van der Waals surface area contributed by atoms with E-state index in [-0.39, 0.29) is 6.61 Å². The molecule has 0 saturated carbocycles. The van der Waals surface area contributed by atoms with Gasteiger partial charge >= 0.3 is 0 Å². The van der Waals surface area contributed by atoms with Gasteiger partial charge in [0.25, 0.3) is 0 Å². The molecular weight excluding hydrogens is 174 g/mol. The second kappa shape index (κ2) is 3.57. The van der Waals surface area contributed by atoms with Crippen molar-refractivity contribution in [3.63, 3.8) is 0 Å². The van der Waals surface area contributed by atoms with E-state index in [9.17, 15) is 0 Å². The number of para-hydroxylation sites is 1. The largest absolute Gasteiger partial charge is 0.390 e. The molecule has 2 aromatic rings. The first-order valence-electron chi connectivity index (χ1n) is 4.48. The highest BCUT2D eigenvalue weighted by Crippen LogP contribution is 2.19. The Hall–Kier alpha value is -1.72. The third-order valence-corrected chi connectivity index (χ3v) is 2.31. The third-order valence-electron chi connectivity index (χ3n) is 2.31. The first-order chi connectivity index (χ1) is 6.86. The number of aliphatic hydroxyl groups is 1. The summed E-state index contributed by atoms with van der Waals surface area (Å²) in [6.07, 6.45) is 5.28. The molecule has 0 atom stereocenters. The minimum absolute atomic E-state index is 0.0242. The normalized spacial score (nSPS) is 10.3. The molecule has 0 saturated heterocycles. The van der Waals surface area contributed by atoms with Crippen LogP contribution >= 0.6 is 0 Å². The van der Waals surface area contributed by atoms with Gasteiger partial charge in [-0.15, -0.1) is 6.42 Å². The summed E-state index contributed by atoms with van der Waals surface area (Å²) in [4.78, 5) is 0. The summed E-state index contributed by atoms with van der Waals surface area (Å²) in [6.45, 7) is 0.528. The quantitative estimate of drug-likeness (QED) is 0.709. The molecule has 2 rings (SSSR count). The van der Waals surface area contributed by atoms with E-state index < -0.39 is 0 Å². The predicted octanol–water partition coefficient (Wildman–Crippen LogP) is 1.77. The molecule has 0 aliphatic heterocycles. The van der Waals surface area contributed by atoms with Crippen LogP contribution in [0.5, 0.6) is 0 Å². The lowest BCUT2D eigenvalue weighted by molar-refractivity contribution is 0.272. The Morgan fingerprint density at radius 3 is 2.86 bits per heavy atom. The monoisotopic (exact) mass is 185 g/mol. The molecule has 14 heavy (non-hydrogen) atoms. The Morgan fingerprint density at radius 2 is 2.14 bits per heavy atom. The van der Waals surface area contributed by atoms with E-state index in [4.69, 9.17) is 11.5 Å². The van der Waals surface area contributed by atoms with Crippen molar-refractivity contribution < 1.29 is 5.11 Å². The standard InChI is InChI=1S/C12H11NO/c1-2-7-13-11(9-14)8-10-5-3-4-6-12(10)13/h1,3-6,8,14H,7,9H2. The van der Waals surface area contributed by atoms with Gasteiger partial charge in [-0.25, -0.2) is 0 Å². The van der Waals surface area contributed by atoms with Gasteiger partial charge in [-0.1, -0.05) is 24.1 Å². The minimum Gasteiger partial charge on any atom is -0.390 e. The van der Waals surface area contributed by atoms with Gasteiger partial charge in [-0.2, -0.15) is 0 Å². The fourth-order valence-electron chi connectivity index (χ4n) is 1.68. The van der Waals surface area contributed by atoms with Crippen molar-refractivity contribution in [3.05, 3.63) is 36.0 Å². The van der Waals surface area contributed by atoms with Crippen LogP contribution in [0.1, 0.15) is 5.69 Å². The molecule has 0 amide bonds. The number of rotatable bonds is 2. The van der Waals surface area contributed by atoms with Crippen molar-refractivity contribution in [2.45, 2.75) is 13.2 Å². The molecule has 0 radical (unpaired) electrons. The molecular formula is C12H11NO. The Bertz CT molecular complexity index is 490. The number of aliphatic hydroxyl groups excluding tert-OH is 1. The second-order valence-electron chi connectivity index (χ2n) is 3.14. The SMILES string of the molecule is C#CCn1c(CO)cc2ccccc21. The summed E-state index contributed by atoms with van der Waals surface area (Å²) in [5, 5.41) is 10.3. The first kappa shape index (κ1) is 8.86. The van der Waals surface area contributed by atoms with E-state index >= 15 is 0 Å². The third kappa shape index (κ3) is 1.28. The summed E-state index contributed by atoms with van der Waals surface area (Å²) < 4.78 is 1.95. The Kier molecular flexibility index (Phi) is 2.26. The van der Waals surface area contributed by atoms with Gasteiger partial charge in [-0.05, 0) is 17.5 Å². The molecule has 1 aromatic carbocycles. The van der Waals surface area contributed by atoms with E-state index in [1.165, 1.54) is 0 Å². The van der Waals surface area contributed by atoms with Gasteiger partial charge in [0.1, 0.15) is 0 Å². The van der Waals surface area contributed by atoms with E-state index in [1.807, 2.05) is 34.9 Å². The van der Waals surface area contributed by atoms with E-state index in [2.05, 4.69) is 5.92 Å². The lowest BCUT2D eigenvalue weighted by Gasteiger charge is -2.03. The van der Waals surface area contributed by atoms with Crippen LogP contribution in [0.25, 0.3) is 10.9 Å². The number of fused-ring (bicyclic) bond motifs is 1. The number of benzene rings is 1. The van der Waals surface area contributed by atoms with Gasteiger partial charge in [0.2, 0.25) is 0 Å². The fraction of sp³-hybridized carbons (Fsp3) is 0.167. The lowest BCUT2D eigenvalue weighted by Crippen LogP contribution is -2.00. The lowest BCUT2D eigenvalue weighted by atomic mass is 10.2. The molecule has 70 valence electrons. The van der Waals surface area contributed by atoms with Crippen LogP contribution in [0.15, 0.2) is 30.3 Å². The maximum Gasteiger partial charge on any atom is 0.0838 e. The van der Waals surface area contributed by atoms with Crippen LogP contribution in [0.4, 0.5) is 0 Å². The number of nitrogens with zero attached hydrogens (tertiary/aromatic N) is 1. The van der Waals surface area contributed by atoms with Crippen LogP contribution < -0.4 is 0 Å². The van der Waals surface area contributed by atoms with Gasteiger partial charge in [0.15, 0.2) is 0 Å². The highest BCUT2D eigenvalue weighted by molar-refractivity contribution is 5.81. The Morgan fingerprint density at radius 1 is 1.36 bits per heavy atom. The molecule has 0 spiro atoms. The van der Waals surface area contributed by atoms with Crippen molar-refractivity contribution in [1.82, 2.24) is 4.57 Å². The molecule has 1 aromatic heterocycles. The molecule has 0 aliphatic rings. The fourth-order valence-corrected chi connectivity index (χ4v) is 1.68. The van der Waals surface area contributed by atoms with Crippen molar-refractivity contribution in [2.75, 3.05) is 0 Å². The molecule has 2 nitrogen and oxygen atoms in total. The Balaban J connectivity index is 2.69. The van der Waals surface area contributed by atoms with Gasteiger partial charge in [0, 0.05) is 11.2 Å². The summed E-state index contributed by atoms with van der Waals surface area (Å²) in [5.74, 6) is 2.59. The van der Waals surface area contributed by atoms with Crippen molar-refractivity contribution in [2.24, 2.45) is 0 Å². The molecule has 0 bridgehead atoms. The van der Waals surface area contributed by atoms with Gasteiger partial charge in [0.05, 0.1) is 13.2 Å². The van der Waals surface area contributed by atoms with Crippen LogP contribution in [-0.2, 0) is 13.2 Å². The van der Waals surface area contributed by atoms with Crippen molar-refractivity contribution in [3.8, 4) is 12.3 Å². The topological polar surface area (TPSA) is 25.2 Å². The van der Waals surface area contributed by atoms with E-state index in [0.29, 0.717) is 6.54 Å². The number of terminal acetylenes is 1. The van der Waals surface area contributed by atoms with Crippen molar-refractivity contribution in [1.29, 1.82) is 0 Å². The zero-order valence-electron chi connectivity index (χ0n) is 7.77. The summed E-state index contributed by atoms with van der Waals surface area (Å²) in [6, 6.07) is 9.93. The highest BCUT2D eigenvalue weighted by atomic mass is 16.3. The Labute approximate surface area is 82.8 Å².